The van der Waals surface area contributed by atoms with Crippen molar-refractivity contribution in [2.24, 2.45) is 0 Å². The Kier molecular flexibility index (Phi) is 4.15. The summed E-state index contributed by atoms with van der Waals surface area (Å²) in [6, 6.07) is 4.09. The van der Waals surface area contributed by atoms with Crippen LogP contribution in [-0.4, -0.2) is 44.4 Å². The van der Waals surface area contributed by atoms with Gasteiger partial charge in [0.05, 0.1) is 5.69 Å². The molecule has 1 fully saturated rings. The molecule has 0 N–H and O–H groups in total. The molecule has 4 nitrogen and oxygen atoms in total. The van der Waals surface area contributed by atoms with Crippen LogP contribution in [-0.2, 0) is 9.84 Å². The standard InChI is InChI=1S/C12H14FNO3S2/c1-19(16,17)12-8-18-5-4-14(12)11-3-2-9(7-15)6-10(11)13/h2-3,6-7,12H,4-5,8H2,1H3. The highest BCUT2D eigenvalue weighted by atomic mass is 32.2. The molecule has 1 aromatic carbocycles. The maximum atomic E-state index is 14.0. The summed E-state index contributed by atoms with van der Waals surface area (Å²) in [7, 11) is -3.29. The topological polar surface area (TPSA) is 54.5 Å². The van der Waals surface area contributed by atoms with Crippen LogP contribution in [0.4, 0.5) is 10.1 Å². The van der Waals surface area contributed by atoms with Gasteiger partial charge in [0, 0.05) is 29.9 Å². The van der Waals surface area contributed by atoms with Gasteiger partial charge in [0.15, 0.2) is 9.84 Å². The van der Waals surface area contributed by atoms with Crippen LogP contribution in [0, 0.1) is 5.82 Å². The number of hydrogen-bond donors (Lipinski definition) is 0. The van der Waals surface area contributed by atoms with E-state index in [4.69, 9.17) is 0 Å². The number of nitrogens with zero attached hydrogens (tertiary/aromatic N) is 1. The third kappa shape index (κ3) is 3.09. The van der Waals surface area contributed by atoms with Crippen LogP contribution >= 0.6 is 11.8 Å². The molecule has 1 saturated heterocycles. The van der Waals surface area contributed by atoms with Gasteiger partial charge in [-0.3, -0.25) is 4.79 Å². The van der Waals surface area contributed by atoms with Gasteiger partial charge in [0.25, 0.3) is 0 Å². The maximum Gasteiger partial charge on any atom is 0.169 e. The van der Waals surface area contributed by atoms with Crippen molar-refractivity contribution < 1.29 is 17.6 Å². The van der Waals surface area contributed by atoms with Crippen LogP contribution in [0.3, 0.4) is 0 Å². The Balaban J connectivity index is 2.40. The summed E-state index contributed by atoms with van der Waals surface area (Å²) in [6.45, 7) is 0.472. The van der Waals surface area contributed by atoms with Gasteiger partial charge in [-0.15, -0.1) is 0 Å². The Labute approximate surface area is 115 Å². The van der Waals surface area contributed by atoms with Gasteiger partial charge in [-0.2, -0.15) is 11.8 Å². The summed E-state index contributed by atoms with van der Waals surface area (Å²) in [6.07, 6.45) is 1.72. The maximum absolute atomic E-state index is 14.0. The lowest BCUT2D eigenvalue weighted by atomic mass is 10.2. The number of halogens is 1. The zero-order valence-corrected chi connectivity index (χ0v) is 12.0. The predicted molar refractivity (Wildman–Crippen MR) is 75.1 cm³/mol. The zero-order chi connectivity index (χ0) is 14.0. The number of aldehydes is 1. The molecule has 1 aromatic rings. The van der Waals surface area contributed by atoms with E-state index in [9.17, 15) is 17.6 Å². The van der Waals surface area contributed by atoms with Crippen LogP contribution in [0.2, 0.25) is 0 Å². The first-order valence-corrected chi connectivity index (χ1v) is 8.82. The Morgan fingerprint density at radius 2 is 2.21 bits per heavy atom. The summed E-state index contributed by atoms with van der Waals surface area (Å²) < 4.78 is 37.5. The van der Waals surface area contributed by atoms with E-state index in [1.807, 2.05) is 0 Å². The first-order valence-electron chi connectivity index (χ1n) is 5.71. The fraction of sp³-hybridized carbons (Fsp3) is 0.417. The molecule has 19 heavy (non-hydrogen) atoms. The first kappa shape index (κ1) is 14.3. The molecule has 0 saturated carbocycles. The van der Waals surface area contributed by atoms with Crippen molar-refractivity contribution in [2.75, 3.05) is 29.2 Å². The largest absolute Gasteiger partial charge is 0.351 e. The summed E-state index contributed by atoms with van der Waals surface area (Å²) in [5.41, 5.74) is 0.477. The lowest BCUT2D eigenvalue weighted by Crippen LogP contribution is -2.47. The van der Waals surface area contributed by atoms with Crippen molar-refractivity contribution in [3.8, 4) is 0 Å². The van der Waals surface area contributed by atoms with Crippen molar-refractivity contribution in [2.45, 2.75) is 5.37 Å². The van der Waals surface area contributed by atoms with E-state index in [0.29, 0.717) is 18.6 Å². The monoisotopic (exact) mass is 303 g/mol. The smallest absolute Gasteiger partial charge is 0.169 e. The van der Waals surface area contributed by atoms with Crippen LogP contribution in [0.1, 0.15) is 10.4 Å². The average Bonchev–Trinajstić information content (AvgIpc) is 2.37. The highest BCUT2D eigenvalue weighted by Gasteiger charge is 2.32. The first-order chi connectivity index (χ1) is 8.93. The van der Waals surface area contributed by atoms with Gasteiger partial charge >= 0.3 is 0 Å². The van der Waals surface area contributed by atoms with E-state index in [1.165, 1.54) is 12.1 Å². The summed E-state index contributed by atoms with van der Waals surface area (Å²) in [5.74, 6) is 0.611. The molecule has 7 heteroatoms. The van der Waals surface area contributed by atoms with Crippen LogP contribution in [0.25, 0.3) is 0 Å². The minimum absolute atomic E-state index is 0.237. The molecule has 1 unspecified atom stereocenters. The van der Waals surface area contributed by atoms with E-state index < -0.39 is 21.0 Å². The quantitative estimate of drug-likeness (QED) is 0.793. The second kappa shape index (κ2) is 5.50. The van der Waals surface area contributed by atoms with Crippen molar-refractivity contribution >= 4 is 33.6 Å². The predicted octanol–water partition coefficient (Wildman–Crippen LogP) is 1.56. The second-order valence-corrected chi connectivity index (χ2v) is 7.73. The lowest BCUT2D eigenvalue weighted by molar-refractivity contribution is 0.112. The third-order valence-corrected chi connectivity index (χ3v) is 5.64. The van der Waals surface area contributed by atoms with Crippen LogP contribution in [0.5, 0.6) is 0 Å². The number of sulfone groups is 1. The van der Waals surface area contributed by atoms with Gasteiger partial charge < -0.3 is 4.90 Å². The molecule has 0 aliphatic carbocycles. The minimum atomic E-state index is -3.29. The van der Waals surface area contributed by atoms with E-state index in [-0.39, 0.29) is 11.3 Å². The SMILES string of the molecule is CS(=O)(=O)C1CSCCN1c1ccc(C=O)cc1F. The second-order valence-electron chi connectivity index (χ2n) is 4.38. The fourth-order valence-corrected chi connectivity index (χ4v) is 4.87. The zero-order valence-electron chi connectivity index (χ0n) is 10.4. The molecule has 104 valence electrons. The molecule has 0 aromatic heterocycles. The Morgan fingerprint density at radius 1 is 1.47 bits per heavy atom. The molecule has 0 radical (unpaired) electrons. The lowest BCUT2D eigenvalue weighted by Gasteiger charge is -2.36. The van der Waals surface area contributed by atoms with Gasteiger partial charge in [0.1, 0.15) is 17.5 Å². The number of carbonyl (C=O) groups is 1. The summed E-state index contributed by atoms with van der Waals surface area (Å²) in [4.78, 5) is 12.2. The summed E-state index contributed by atoms with van der Waals surface area (Å²) >= 11 is 1.54. The molecule has 2 rings (SSSR count). The highest BCUT2D eigenvalue weighted by Crippen LogP contribution is 2.29. The van der Waals surface area contributed by atoms with E-state index in [1.54, 1.807) is 16.7 Å². The van der Waals surface area contributed by atoms with Crippen molar-refractivity contribution in [3.63, 3.8) is 0 Å². The van der Waals surface area contributed by atoms with E-state index in [2.05, 4.69) is 0 Å². The van der Waals surface area contributed by atoms with Crippen LogP contribution in [0.15, 0.2) is 18.2 Å². The molecule has 1 aliphatic rings. The Morgan fingerprint density at radius 3 is 2.79 bits per heavy atom. The van der Waals surface area contributed by atoms with Gasteiger partial charge in [-0.25, -0.2) is 12.8 Å². The number of hydrogen-bond acceptors (Lipinski definition) is 5. The molecule has 1 atom stereocenters. The van der Waals surface area contributed by atoms with Gasteiger partial charge in [-0.05, 0) is 18.2 Å². The normalized spacial score (nSPS) is 20.3. The van der Waals surface area contributed by atoms with Crippen molar-refractivity contribution in [1.82, 2.24) is 0 Å². The number of thioether (sulfide) groups is 1. The highest BCUT2D eigenvalue weighted by molar-refractivity contribution is 8.01. The molecule has 0 spiro atoms. The number of carbonyl (C=O) groups excluding carboxylic acids is 1. The number of rotatable bonds is 3. The number of anilines is 1. The molecular weight excluding hydrogens is 289 g/mol. The third-order valence-electron chi connectivity index (χ3n) is 3.00. The summed E-state index contributed by atoms with van der Waals surface area (Å²) in [5, 5.41) is -0.720. The average molecular weight is 303 g/mol. The Hall–Kier alpha value is -1.08. The van der Waals surface area contributed by atoms with Crippen molar-refractivity contribution in [3.05, 3.63) is 29.6 Å². The molecular formula is C12H14FNO3S2. The number of benzene rings is 1. The van der Waals surface area contributed by atoms with Gasteiger partial charge in [-0.1, -0.05) is 0 Å². The van der Waals surface area contributed by atoms with Crippen LogP contribution < -0.4 is 4.90 Å². The minimum Gasteiger partial charge on any atom is -0.351 e. The molecule has 1 aliphatic heterocycles. The van der Waals surface area contributed by atoms with Crippen molar-refractivity contribution in [1.29, 1.82) is 0 Å². The van der Waals surface area contributed by atoms with E-state index >= 15 is 0 Å². The molecule has 0 amide bonds. The fourth-order valence-electron chi connectivity index (χ4n) is 2.04. The Bertz CT molecular complexity index is 589. The molecule has 0 bridgehead atoms. The van der Waals surface area contributed by atoms with Gasteiger partial charge in [0.2, 0.25) is 0 Å². The molecule has 1 heterocycles. The van der Waals surface area contributed by atoms with E-state index in [0.717, 1.165) is 18.1 Å².